The van der Waals surface area contributed by atoms with E-state index in [1.54, 1.807) is 0 Å². The Hall–Kier alpha value is -7.56. The van der Waals surface area contributed by atoms with E-state index in [1.807, 2.05) is 22.8 Å². The molecule has 0 saturated heterocycles. The van der Waals surface area contributed by atoms with Crippen LogP contribution in [0.1, 0.15) is 25.0 Å². The Kier molecular flexibility index (Phi) is 7.95. The van der Waals surface area contributed by atoms with Gasteiger partial charge in [0.25, 0.3) is 0 Å². The van der Waals surface area contributed by atoms with E-state index >= 15 is 0 Å². The summed E-state index contributed by atoms with van der Waals surface area (Å²) >= 11 is 0. The Bertz CT molecular complexity index is 3400. The van der Waals surface area contributed by atoms with Crippen LogP contribution in [0, 0.1) is 5.41 Å². The summed E-state index contributed by atoms with van der Waals surface area (Å²) in [5.74, 6) is -0.0682. The fraction of sp³-hybridized carbons (Fsp3) is 0.0545. The minimum atomic E-state index is -0.354. The van der Waals surface area contributed by atoms with Crippen molar-refractivity contribution in [2.24, 2.45) is 10.4 Å². The summed E-state index contributed by atoms with van der Waals surface area (Å²) in [5, 5.41) is 19.2. The standard InChI is InChI=1S/C55H39N4/c1-55(2)46(38-19-8-4-9-20-38)35-48(47(55)32-36-16-6-3-7-17-36)57-54(56)59-49-25-15-14-24-43(49)44-33-39(27-29-50(44)59)40-28-30-51-45(34-40)53-42-23-13-12-18-37(42)26-31-52(53)58(51)41-21-10-5-11-22-41/h3-35H,1-2H3/q-1/b47-32-,57-48-. The molecule has 0 saturated carbocycles. The average molecular weight is 756 g/mol. The summed E-state index contributed by atoms with van der Waals surface area (Å²) in [4.78, 5) is 5.07. The van der Waals surface area contributed by atoms with Crippen LogP contribution in [-0.2, 0) is 0 Å². The van der Waals surface area contributed by atoms with Crippen molar-refractivity contribution in [1.82, 2.24) is 9.13 Å². The number of aliphatic imine (C=N–C) groups is 1. The molecule has 2 aromatic heterocycles. The highest BCUT2D eigenvalue weighted by atomic mass is 15.2. The molecule has 0 bridgehead atoms. The number of nitrogens with zero attached hydrogens (tertiary/aromatic N) is 4. The van der Waals surface area contributed by atoms with E-state index in [4.69, 9.17) is 4.99 Å². The first-order chi connectivity index (χ1) is 28.9. The quantitative estimate of drug-likeness (QED) is 0.127. The van der Waals surface area contributed by atoms with Crippen molar-refractivity contribution < 1.29 is 0 Å². The van der Waals surface area contributed by atoms with Gasteiger partial charge in [-0.05, 0) is 114 Å². The lowest BCUT2D eigenvalue weighted by Crippen LogP contribution is -2.17. The van der Waals surface area contributed by atoms with Gasteiger partial charge in [0.05, 0.1) is 11.0 Å². The van der Waals surface area contributed by atoms with E-state index in [2.05, 4.69) is 200 Å². The van der Waals surface area contributed by atoms with E-state index < -0.39 is 0 Å². The monoisotopic (exact) mass is 755 g/mol. The highest BCUT2D eigenvalue weighted by molar-refractivity contribution is 6.26. The second kappa shape index (κ2) is 13.5. The molecule has 4 nitrogen and oxygen atoms in total. The highest BCUT2D eigenvalue weighted by Gasteiger charge is 2.36. The number of para-hydroxylation sites is 2. The number of rotatable bonds is 4. The molecule has 280 valence electrons. The van der Waals surface area contributed by atoms with Crippen LogP contribution < -0.4 is 0 Å². The summed E-state index contributed by atoms with van der Waals surface area (Å²) in [6.45, 7) is 4.47. The van der Waals surface area contributed by atoms with Crippen molar-refractivity contribution in [3.05, 3.63) is 216 Å². The van der Waals surface area contributed by atoms with Gasteiger partial charge >= 0.3 is 0 Å². The van der Waals surface area contributed by atoms with Crippen LogP contribution in [-0.4, -0.2) is 20.8 Å². The van der Waals surface area contributed by atoms with Gasteiger partial charge in [-0.2, -0.15) is 0 Å². The van der Waals surface area contributed by atoms with E-state index in [-0.39, 0.29) is 11.4 Å². The third-order valence-corrected chi connectivity index (χ3v) is 12.2. The predicted octanol–water partition coefficient (Wildman–Crippen LogP) is 14.1. The molecule has 2 heterocycles. The van der Waals surface area contributed by atoms with Crippen LogP contribution in [0.15, 0.2) is 205 Å². The Morgan fingerprint density at radius 1 is 0.525 bits per heavy atom. The normalized spacial score (nSPS) is 15.3. The summed E-state index contributed by atoms with van der Waals surface area (Å²) in [7, 11) is 0. The van der Waals surface area contributed by atoms with Crippen molar-refractivity contribution in [2.75, 3.05) is 0 Å². The van der Waals surface area contributed by atoms with Gasteiger partial charge in [0.15, 0.2) is 0 Å². The molecule has 11 rings (SSSR count). The molecule has 59 heavy (non-hydrogen) atoms. The summed E-state index contributed by atoms with van der Waals surface area (Å²) in [5.41, 5.74) is 12.4. The van der Waals surface area contributed by atoms with Gasteiger partial charge in [-0.1, -0.05) is 172 Å². The topological polar surface area (TPSA) is 44.5 Å². The van der Waals surface area contributed by atoms with Crippen LogP contribution in [0.3, 0.4) is 0 Å². The number of hydrogen-bond acceptors (Lipinski definition) is 0. The van der Waals surface area contributed by atoms with Crippen LogP contribution in [0.4, 0.5) is 0 Å². The average Bonchev–Trinajstić information content (AvgIpc) is 3.88. The molecule has 8 aromatic carbocycles. The largest absolute Gasteiger partial charge is 0.366 e. The second-order valence-electron chi connectivity index (χ2n) is 16.0. The van der Waals surface area contributed by atoms with Crippen molar-refractivity contribution in [3.8, 4) is 16.8 Å². The molecule has 0 amide bonds. The fourth-order valence-corrected chi connectivity index (χ4v) is 9.34. The van der Waals surface area contributed by atoms with E-state index in [0.717, 1.165) is 66.6 Å². The highest BCUT2D eigenvalue weighted by Crippen LogP contribution is 2.48. The molecule has 0 N–H and O–H groups in total. The third kappa shape index (κ3) is 5.60. The minimum absolute atomic E-state index is 0.0682. The first kappa shape index (κ1) is 34.7. The Morgan fingerprint density at radius 3 is 1.88 bits per heavy atom. The van der Waals surface area contributed by atoms with Gasteiger partial charge in [-0.25, -0.2) is 0 Å². The fourth-order valence-electron chi connectivity index (χ4n) is 9.34. The molecule has 10 aromatic rings. The van der Waals surface area contributed by atoms with Crippen LogP contribution in [0.5, 0.6) is 0 Å². The Morgan fingerprint density at radius 2 is 1.12 bits per heavy atom. The van der Waals surface area contributed by atoms with Gasteiger partial charge in [0, 0.05) is 27.8 Å². The van der Waals surface area contributed by atoms with Crippen molar-refractivity contribution >= 4 is 77.7 Å². The maximum absolute atomic E-state index is 12.2. The summed E-state index contributed by atoms with van der Waals surface area (Å²) in [6.07, 6.45) is 4.34. The first-order valence-electron chi connectivity index (χ1n) is 20.2. The van der Waals surface area contributed by atoms with E-state index in [0.29, 0.717) is 0 Å². The molecule has 1 aliphatic rings. The van der Waals surface area contributed by atoms with Crippen molar-refractivity contribution in [2.45, 2.75) is 13.8 Å². The summed E-state index contributed by atoms with van der Waals surface area (Å²) < 4.78 is 4.27. The molecule has 0 fully saturated rings. The molecule has 0 unspecified atom stereocenters. The number of benzene rings is 8. The summed E-state index contributed by atoms with van der Waals surface area (Å²) in [6, 6.07) is 66.2. The molecule has 0 radical (unpaired) electrons. The molecule has 1 aliphatic carbocycles. The zero-order valence-electron chi connectivity index (χ0n) is 32.8. The van der Waals surface area contributed by atoms with Crippen LogP contribution in [0.2, 0.25) is 0 Å². The van der Waals surface area contributed by atoms with Crippen molar-refractivity contribution in [3.63, 3.8) is 0 Å². The van der Waals surface area contributed by atoms with Crippen molar-refractivity contribution in [1.29, 1.82) is 0 Å². The van der Waals surface area contributed by atoms with E-state index in [1.165, 1.54) is 32.6 Å². The Labute approximate surface area is 342 Å². The molecular weight excluding hydrogens is 717 g/mol. The number of fused-ring (bicyclic) bond motifs is 8. The Balaban J connectivity index is 1.07. The van der Waals surface area contributed by atoms with Crippen LogP contribution >= 0.6 is 0 Å². The zero-order chi connectivity index (χ0) is 39.7. The molecule has 0 atom stereocenters. The molecule has 0 spiro atoms. The lowest BCUT2D eigenvalue weighted by molar-refractivity contribution is 0.641. The van der Waals surface area contributed by atoms with Gasteiger partial charge in [-0.3, -0.25) is 0 Å². The molecular formula is C55H39N4-. The smallest absolute Gasteiger partial charge is 0.0547 e. The van der Waals surface area contributed by atoms with E-state index in [9.17, 15) is 5.41 Å². The van der Waals surface area contributed by atoms with Gasteiger partial charge in [-0.15, -0.1) is 0 Å². The second-order valence-corrected chi connectivity index (χ2v) is 16.0. The SMILES string of the molecule is CC1(C)C(c2ccccc2)=CC(=N/C(=[N-])n2c3ccccc3c3cc(-c4ccc5c(c4)c4c6ccccc6ccc4n5-c4ccccc4)ccc32)/C1=C/c1ccccc1. The third-order valence-electron chi connectivity index (χ3n) is 12.2. The molecule has 0 aliphatic heterocycles. The van der Waals surface area contributed by atoms with Gasteiger partial charge < -0.3 is 19.5 Å². The van der Waals surface area contributed by atoms with Gasteiger partial charge in [0.1, 0.15) is 0 Å². The first-order valence-corrected chi connectivity index (χ1v) is 20.2. The van der Waals surface area contributed by atoms with Gasteiger partial charge in [0.2, 0.25) is 0 Å². The van der Waals surface area contributed by atoms with Crippen LogP contribution in [0.25, 0.3) is 88.3 Å². The maximum Gasteiger partial charge on any atom is 0.0547 e. The maximum atomic E-state index is 12.2. The number of hydrogen-bond donors (Lipinski definition) is 0. The lowest BCUT2D eigenvalue weighted by Gasteiger charge is -2.26. The minimum Gasteiger partial charge on any atom is -0.366 e. The lowest BCUT2D eigenvalue weighted by atomic mass is 9.78. The number of allylic oxidation sites excluding steroid dienone is 3. The molecule has 4 heteroatoms. The predicted molar refractivity (Wildman–Crippen MR) is 251 cm³/mol. The number of aromatic nitrogens is 2. The zero-order valence-corrected chi connectivity index (χ0v) is 32.8.